The molecule has 0 spiro atoms. The zero-order chi connectivity index (χ0) is 19.3. The van der Waals surface area contributed by atoms with Gasteiger partial charge in [-0.2, -0.15) is 0 Å². The smallest absolute Gasteiger partial charge is 0.263 e. The van der Waals surface area contributed by atoms with Crippen LogP contribution in [0.5, 0.6) is 0 Å². The summed E-state index contributed by atoms with van der Waals surface area (Å²) in [6.07, 6.45) is 0.985. The molecule has 0 aliphatic carbocycles. The third-order valence-corrected chi connectivity index (χ3v) is 6.00. The van der Waals surface area contributed by atoms with Crippen molar-refractivity contribution in [3.63, 3.8) is 0 Å². The van der Waals surface area contributed by atoms with E-state index in [0.717, 1.165) is 23.4 Å². The molecule has 0 radical (unpaired) electrons. The Kier molecular flexibility index (Phi) is 4.29. The highest BCUT2D eigenvalue weighted by molar-refractivity contribution is 5.95. The van der Waals surface area contributed by atoms with Crippen molar-refractivity contribution in [2.24, 2.45) is 5.92 Å². The molecule has 0 unspecified atom stereocenters. The fourth-order valence-corrected chi connectivity index (χ4v) is 4.80. The van der Waals surface area contributed by atoms with E-state index in [4.69, 9.17) is 0 Å². The first-order chi connectivity index (χ1) is 12.9. The summed E-state index contributed by atoms with van der Waals surface area (Å²) in [5.41, 5.74) is 2.73. The number of hydrogen-bond donors (Lipinski definition) is 0. The minimum atomic E-state index is -0.202. The van der Waals surface area contributed by atoms with Gasteiger partial charge in [-0.25, -0.2) is 0 Å². The maximum Gasteiger partial charge on any atom is 0.263 e. The molecule has 2 aliphatic rings. The van der Waals surface area contributed by atoms with E-state index in [1.165, 1.54) is 0 Å². The summed E-state index contributed by atoms with van der Waals surface area (Å²) in [7, 11) is 0. The average molecular weight is 367 g/mol. The van der Waals surface area contributed by atoms with Crippen molar-refractivity contribution in [3.05, 3.63) is 67.5 Å². The Morgan fingerprint density at radius 2 is 1.93 bits per heavy atom. The molecule has 2 aromatic rings. The maximum absolute atomic E-state index is 13.3. The second-order valence-corrected chi connectivity index (χ2v) is 7.80. The monoisotopic (exact) mass is 367 g/mol. The Balaban J connectivity index is 1.70. The second-order valence-electron chi connectivity index (χ2n) is 7.80. The molecule has 4 rings (SSSR count). The van der Waals surface area contributed by atoms with Crippen molar-refractivity contribution in [2.75, 3.05) is 13.1 Å². The number of carbonyl (C=O) groups excluding carboxylic acids is 1. The summed E-state index contributed by atoms with van der Waals surface area (Å²) >= 11 is 0. The molecule has 6 heteroatoms. The Morgan fingerprint density at radius 3 is 2.67 bits per heavy atom. The van der Waals surface area contributed by atoms with E-state index in [0.29, 0.717) is 26.2 Å². The van der Waals surface area contributed by atoms with E-state index in [2.05, 4.69) is 0 Å². The number of aromatic nitrogens is 2. The largest absolute Gasteiger partial charge is 0.337 e. The number of rotatable bonds is 2. The molecule has 2 aliphatic heterocycles. The Bertz CT molecular complexity index is 1030. The SMILES string of the molecule is CCn1c(C)cc(C)c(C(=O)N2C[C@@H]3C[C@H](C2)c2cccc(=O)n2C3)c1=O. The lowest BCUT2D eigenvalue weighted by Crippen LogP contribution is -2.50. The molecular formula is C21H25N3O3. The lowest BCUT2D eigenvalue weighted by atomic mass is 9.83. The van der Waals surface area contributed by atoms with Crippen LogP contribution in [0.15, 0.2) is 33.9 Å². The van der Waals surface area contributed by atoms with Crippen LogP contribution < -0.4 is 11.1 Å². The van der Waals surface area contributed by atoms with Gasteiger partial charge in [0.15, 0.2) is 0 Å². The van der Waals surface area contributed by atoms with Gasteiger partial charge in [-0.1, -0.05) is 6.07 Å². The van der Waals surface area contributed by atoms with Gasteiger partial charge in [0.2, 0.25) is 0 Å². The number of fused-ring (bicyclic) bond motifs is 4. The van der Waals surface area contributed by atoms with Crippen LogP contribution in [0.25, 0.3) is 0 Å². The first-order valence-corrected chi connectivity index (χ1v) is 9.60. The number of likely N-dealkylation sites (tertiary alicyclic amines) is 1. The summed E-state index contributed by atoms with van der Waals surface area (Å²) in [5.74, 6) is 0.218. The summed E-state index contributed by atoms with van der Waals surface area (Å²) in [4.78, 5) is 40.1. The van der Waals surface area contributed by atoms with E-state index in [9.17, 15) is 14.4 Å². The predicted molar refractivity (Wildman–Crippen MR) is 103 cm³/mol. The van der Waals surface area contributed by atoms with Gasteiger partial charge in [0.25, 0.3) is 17.0 Å². The highest BCUT2D eigenvalue weighted by atomic mass is 16.2. The minimum absolute atomic E-state index is 0.0298. The molecular weight excluding hydrogens is 342 g/mol. The molecule has 142 valence electrons. The second kappa shape index (κ2) is 6.51. The lowest BCUT2D eigenvalue weighted by Gasteiger charge is -2.42. The summed E-state index contributed by atoms with van der Waals surface area (Å²) < 4.78 is 3.50. The number of pyridine rings is 2. The van der Waals surface area contributed by atoms with Gasteiger partial charge in [-0.05, 0) is 50.8 Å². The highest BCUT2D eigenvalue weighted by Crippen LogP contribution is 2.35. The van der Waals surface area contributed by atoms with Crippen molar-refractivity contribution in [2.45, 2.75) is 46.2 Å². The van der Waals surface area contributed by atoms with Crippen LogP contribution in [0.1, 0.15) is 46.6 Å². The Hall–Kier alpha value is -2.63. The van der Waals surface area contributed by atoms with Crippen molar-refractivity contribution in [1.29, 1.82) is 0 Å². The molecule has 2 atom stereocenters. The molecule has 27 heavy (non-hydrogen) atoms. The molecule has 2 bridgehead atoms. The summed E-state index contributed by atoms with van der Waals surface area (Å²) in [6, 6.07) is 7.28. The number of hydrogen-bond acceptors (Lipinski definition) is 3. The summed E-state index contributed by atoms with van der Waals surface area (Å²) in [6.45, 7) is 7.98. The number of aryl methyl sites for hydroxylation is 2. The zero-order valence-corrected chi connectivity index (χ0v) is 16.1. The Labute approximate surface area is 158 Å². The normalized spacial score (nSPS) is 21.1. The topological polar surface area (TPSA) is 64.3 Å². The van der Waals surface area contributed by atoms with Crippen LogP contribution in [0.2, 0.25) is 0 Å². The third kappa shape index (κ3) is 2.83. The van der Waals surface area contributed by atoms with Gasteiger partial charge in [-0.15, -0.1) is 0 Å². The molecule has 1 amide bonds. The van der Waals surface area contributed by atoms with E-state index >= 15 is 0 Å². The number of nitrogens with zero attached hydrogens (tertiary/aromatic N) is 3. The van der Waals surface area contributed by atoms with Crippen LogP contribution in [0.4, 0.5) is 0 Å². The fourth-order valence-electron chi connectivity index (χ4n) is 4.80. The Morgan fingerprint density at radius 1 is 1.15 bits per heavy atom. The molecule has 4 heterocycles. The van der Waals surface area contributed by atoms with Gasteiger partial charge in [0.1, 0.15) is 5.56 Å². The molecule has 0 N–H and O–H groups in total. The first kappa shape index (κ1) is 17.8. The van der Waals surface area contributed by atoms with Crippen molar-refractivity contribution < 1.29 is 4.79 Å². The minimum Gasteiger partial charge on any atom is -0.337 e. The van der Waals surface area contributed by atoms with E-state index in [1.807, 2.05) is 42.4 Å². The van der Waals surface area contributed by atoms with Crippen LogP contribution in [-0.2, 0) is 13.1 Å². The number of amides is 1. The molecule has 6 nitrogen and oxygen atoms in total. The predicted octanol–water partition coefficient (Wildman–Crippen LogP) is 1.91. The molecule has 1 fully saturated rings. The van der Waals surface area contributed by atoms with Gasteiger partial charge in [0, 0.05) is 49.6 Å². The average Bonchev–Trinajstić information content (AvgIpc) is 2.62. The summed E-state index contributed by atoms with van der Waals surface area (Å²) in [5, 5.41) is 0. The number of piperidine rings is 1. The van der Waals surface area contributed by atoms with Crippen LogP contribution >= 0.6 is 0 Å². The standard InChI is InChI=1S/C21H25N3O3/c1-4-23-14(3)8-13(2)19(21(23)27)20(26)22-10-15-9-16(12-22)17-6-5-7-18(25)24(17)11-15/h5-8,15-16H,4,9-12H2,1-3H3/t15-,16+/m0/s1. The van der Waals surface area contributed by atoms with Gasteiger partial charge < -0.3 is 14.0 Å². The highest BCUT2D eigenvalue weighted by Gasteiger charge is 2.37. The lowest BCUT2D eigenvalue weighted by molar-refractivity contribution is 0.0591. The van der Waals surface area contributed by atoms with E-state index in [-0.39, 0.29) is 34.4 Å². The van der Waals surface area contributed by atoms with Crippen LogP contribution in [0.3, 0.4) is 0 Å². The van der Waals surface area contributed by atoms with Crippen molar-refractivity contribution in [1.82, 2.24) is 14.0 Å². The quantitative estimate of drug-likeness (QED) is 0.814. The number of carbonyl (C=O) groups is 1. The van der Waals surface area contributed by atoms with Gasteiger partial charge in [-0.3, -0.25) is 14.4 Å². The molecule has 0 saturated carbocycles. The van der Waals surface area contributed by atoms with E-state index in [1.54, 1.807) is 16.7 Å². The van der Waals surface area contributed by atoms with E-state index < -0.39 is 0 Å². The molecule has 1 saturated heterocycles. The molecule has 0 aromatic carbocycles. The zero-order valence-electron chi connectivity index (χ0n) is 16.1. The van der Waals surface area contributed by atoms with Crippen molar-refractivity contribution >= 4 is 5.91 Å². The van der Waals surface area contributed by atoms with Gasteiger partial charge in [0.05, 0.1) is 0 Å². The molecule has 2 aromatic heterocycles. The maximum atomic E-state index is 13.3. The van der Waals surface area contributed by atoms with Gasteiger partial charge >= 0.3 is 0 Å². The van der Waals surface area contributed by atoms with Crippen LogP contribution in [-0.4, -0.2) is 33.0 Å². The fraction of sp³-hybridized carbons (Fsp3) is 0.476. The van der Waals surface area contributed by atoms with Crippen molar-refractivity contribution in [3.8, 4) is 0 Å². The van der Waals surface area contributed by atoms with Crippen LogP contribution in [0, 0.1) is 19.8 Å². The third-order valence-electron chi connectivity index (χ3n) is 6.00. The first-order valence-electron chi connectivity index (χ1n) is 9.60.